The van der Waals surface area contributed by atoms with Gasteiger partial charge in [-0.15, -0.1) is 0 Å². The molecule has 23 heavy (non-hydrogen) atoms. The van der Waals surface area contributed by atoms with E-state index in [2.05, 4.69) is 4.98 Å². The maximum Gasteiger partial charge on any atom is 0.407 e. The molecular formula is C16H19F3N2O2. The Kier molecular flexibility index (Phi) is 4.21. The molecule has 4 nitrogen and oxygen atoms in total. The van der Waals surface area contributed by atoms with Crippen molar-refractivity contribution in [3.63, 3.8) is 0 Å². The highest BCUT2D eigenvalue weighted by Crippen LogP contribution is 2.42. The van der Waals surface area contributed by atoms with Crippen molar-refractivity contribution in [2.24, 2.45) is 5.92 Å². The first-order valence-corrected chi connectivity index (χ1v) is 7.85. The zero-order chi connectivity index (χ0) is 16.6. The van der Waals surface area contributed by atoms with Gasteiger partial charge in [-0.05, 0) is 37.3 Å². The van der Waals surface area contributed by atoms with Crippen LogP contribution in [-0.4, -0.2) is 40.3 Å². The molecule has 2 aliphatic rings. The molecule has 1 saturated heterocycles. The van der Waals surface area contributed by atoms with Gasteiger partial charge < -0.3 is 10.0 Å². The third-order valence-electron chi connectivity index (χ3n) is 5.04. The summed E-state index contributed by atoms with van der Waals surface area (Å²) in [5, 5.41) is 8.82. The van der Waals surface area contributed by atoms with Gasteiger partial charge in [-0.1, -0.05) is 6.07 Å². The number of carbonyl (C=O) groups is 1. The van der Waals surface area contributed by atoms with Crippen molar-refractivity contribution in [3.05, 3.63) is 29.6 Å². The van der Waals surface area contributed by atoms with E-state index >= 15 is 0 Å². The van der Waals surface area contributed by atoms with Crippen LogP contribution in [0.4, 0.5) is 18.0 Å². The fourth-order valence-electron chi connectivity index (χ4n) is 3.46. The van der Waals surface area contributed by atoms with Crippen molar-refractivity contribution >= 4 is 6.09 Å². The first-order chi connectivity index (χ1) is 10.8. The van der Waals surface area contributed by atoms with E-state index in [-0.39, 0.29) is 24.7 Å². The number of hydrogen-bond acceptors (Lipinski definition) is 2. The lowest BCUT2D eigenvalue weighted by Gasteiger charge is -2.37. The van der Waals surface area contributed by atoms with Gasteiger partial charge in [0.1, 0.15) is 0 Å². The lowest BCUT2D eigenvalue weighted by molar-refractivity contribution is -0.182. The van der Waals surface area contributed by atoms with E-state index in [1.54, 1.807) is 6.20 Å². The summed E-state index contributed by atoms with van der Waals surface area (Å²) in [6, 6.07) is 3.82. The molecule has 7 heteroatoms. The van der Waals surface area contributed by atoms with Crippen molar-refractivity contribution in [1.29, 1.82) is 0 Å². The van der Waals surface area contributed by atoms with E-state index < -0.39 is 18.2 Å². The third-order valence-corrected chi connectivity index (χ3v) is 5.04. The van der Waals surface area contributed by atoms with Crippen LogP contribution in [0.25, 0.3) is 0 Å². The molecular weight excluding hydrogens is 309 g/mol. The Labute approximate surface area is 132 Å². The Morgan fingerprint density at radius 2 is 1.78 bits per heavy atom. The van der Waals surface area contributed by atoms with Gasteiger partial charge in [0.25, 0.3) is 0 Å². The Morgan fingerprint density at radius 1 is 1.13 bits per heavy atom. The predicted molar refractivity (Wildman–Crippen MR) is 77.3 cm³/mol. The average Bonchev–Trinajstić information content (AvgIpc) is 2.45. The van der Waals surface area contributed by atoms with Crippen LogP contribution in [0.3, 0.4) is 0 Å². The monoisotopic (exact) mass is 328 g/mol. The normalized spacial score (nSPS) is 26.0. The second-order valence-electron chi connectivity index (χ2n) is 6.49. The molecule has 3 rings (SSSR count). The fraction of sp³-hybridized carbons (Fsp3) is 0.625. The molecule has 0 spiro atoms. The number of hydrogen-bond donors (Lipinski definition) is 1. The van der Waals surface area contributed by atoms with Crippen molar-refractivity contribution in [2.45, 2.75) is 43.7 Å². The predicted octanol–water partition coefficient (Wildman–Crippen LogP) is 3.99. The first kappa shape index (κ1) is 16.1. The third kappa shape index (κ3) is 3.43. The van der Waals surface area contributed by atoms with Gasteiger partial charge in [0.05, 0.1) is 5.92 Å². The van der Waals surface area contributed by atoms with Gasteiger partial charge in [0.15, 0.2) is 0 Å². The second-order valence-corrected chi connectivity index (χ2v) is 6.49. The van der Waals surface area contributed by atoms with Gasteiger partial charge in [-0.3, -0.25) is 4.98 Å². The molecule has 1 aliphatic carbocycles. The second kappa shape index (κ2) is 6.02. The summed E-state index contributed by atoms with van der Waals surface area (Å²) in [4.78, 5) is 16.5. The molecule has 0 bridgehead atoms. The van der Waals surface area contributed by atoms with Gasteiger partial charge in [-0.2, -0.15) is 13.2 Å². The SMILES string of the molecule is O=C(O)N1CC(c2ccc(C3CCC(C(F)(F)F)CC3)nc2)C1. The standard InChI is InChI=1S/C16H19F3N2O2/c17-16(18,19)13-4-1-10(2-5-13)14-6-3-11(7-20-14)12-8-21(9-12)15(22)23/h3,6-7,10,12-13H,1-2,4-5,8-9H2,(H,22,23). The molecule has 1 aromatic heterocycles. The molecule has 0 radical (unpaired) electrons. The topological polar surface area (TPSA) is 53.4 Å². The Balaban J connectivity index is 1.56. The number of likely N-dealkylation sites (tertiary alicyclic amines) is 1. The number of aromatic nitrogens is 1. The smallest absolute Gasteiger partial charge is 0.407 e. The number of alkyl halides is 3. The minimum atomic E-state index is -4.08. The van der Waals surface area contributed by atoms with E-state index in [0.29, 0.717) is 25.9 Å². The van der Waals surface area contributed by atoms with Crippen LogP contribution in [0.2, 0.25) is 0 Å². The summed E-state index contributed by atoms with van der Waals surface area (Å²) in [5.41, 5.74) is 1.85. The first-order valence-electron chi connectivity index (χ1n) is 7.85. The van der Waals surface area contributed by atoms with Crippen molar-refractivity contribution in [1.82, 2.24) is 9.88 Å². The molecule has 1 amide bonds. The van der Waals surface area contributed by atoms with Crippen LogP contribution >= 0.6 is 0 Å². The molecule has 2 fully saturated rings. The number of pyridine rings is 1. The number of carboxylic acid groups (broad SMARTS) is 1. The highest BCUT2D eigenvalue weighted by molar-refractivity contribution is 5.66. The highest BCUT2D eigenvalue weighted by atomic mass is 19.4. The fourth-order valence-corrected chi connectivity index (χ4v) is 3.46. The highest BCUT2D eigenvalue weighted by Gasteiger charge is 2.41. The summed E-state index contributed by atoms with van der Waals surface area (Å²) in [7, 11) is 0. The molecule has 1 aliphatic heterocycles. The molecule has 2 heterocycles. The largest absolute Gasteiger partial charge is 0.465 e. The van der Waals surface area contributed by atoms with Crippen LogP contribution in [-0.2, 0) is 0 Å². The van der Waals surface area contributed by atoms with Gasteiger partial charge in [0, 0.05) is 36.8 Å². The van der Waals surface area contributed by atoms with Gasteiger partial charge >= 0.3 is 12.3 Å². The quantitative estimate of drug-likeness (QED) is 0.893. The summed E-state index contributed by atoms with van der Waals surface area (Å²) < 4.78 is 38.1. The van der Waals surface area contributed by atoms with E-state index in [9.17, 15) is 18.0 Å². The summed E-state index contributed by atoms with van der Waals surface area (Å²) in [6.07, 6.45) is -1.86. The zero-order valence-corrected chi connectivity index (χ0v) is 12.6. The number of rotatable bonds is 2. The van der Waals surface area contributed by atoms with E-state index in [4.69, 9.17) is 5.11 Å². The summed E-state index contributed by atoms with van der Waals surface area (Å²) >= 11 is 0. The van der Waals surface area contributed by atoms with Crippen LogP contribution in [0.15, 0.2) is 18.3 Å². The van der Waals surface area contributed by atoms with E-state index in [1.165, 1.54) is 4.90 Å². The Morgan fingerprint density at radius 3 is 2.26 bits per heavy atom. The molecule has 1 N–H and O–H groups in total. The van der Waals surface area contributed by atoms with Crippen LogP contribution in [0.5, 0.6) is 0 Å². The Bertz CT molecular complexity index is 560. The molecule has 126 valence electrons. The van der Waals surface area contributed by atoms with E-state index in [0.717, 1.165) is 11.3 Å². The lowest BCUT2D eigenvalue weighted by atomic mass is 9.80. The van der Waals surface area contributed by atoms with Crippen LogP contribution in [0.1, 0.15) is 48.8 Å². The van der Waals surface area contributed by atoms with Crippen molar-refractivity contribution < 1.29 is 23.1 Å². The number of halogens is 3. The van der Waals surface area contributed by atoms with Crippen molar-refractivity contribution in [2.75, 3.05) is 13.1 Å². The molecule has 1 saturated carbocycles. The Hall–Kier alpha value is -1.79. The lowest BCUT2D eigenvalue weighted by Crippen LogP contribution is -2.47. The number of amides is 1. The maximum absolute atomic E-state index is 12.7. The van der Waals surface area contributed by atoms with E-state index in [1.807, 2.05) is 12.1 Å². The molecule has 0 unspecified atom stereocenters. The minimum absolute atomic E-state index is 0.0968. The minimum Gasteiger partial charge on any atom is -0.465 e. The zero-order valence-electron chi connectivity index (χ0n) is 12.6. The molecule has 0 aromatic carbocycles. The van der Waals surface area contributed by atoms with Gasteiger partial charge in [0.2, 0.25) is 0 Å². The summed E-state index contributed by atoms with van der Waals surface area (Å²) in [6.45, 7) is 0.958. The van der Waals surface area contributed by atoms with Crippen molar-refractivity contribution in [3.8, 4) is 0 Å². The van der Waals surface area contributed by atoms with Crippen LogP contribution in [0, 0.1) is 5.92 Å². The van der Waals surface area contributed by atoms with Gasteiger partial charge in [-0.25, -0.2) is 4.79 Å². The number of nitrogens with zero attached hydrogens (tertiary/aromatic N) is 2. The maximum atomic E-state index is 12.7. The molecule has 0 atom stereocenters. The summed E-state index contributed by atoms with van der Waals surface area (Å²) in [5.74, 6) is -0.900. The average molecular weight is 328 g/mol. The van der Waals surface area contributed by atoms with Crippen LogP contribution < -0.4 is 0 Å². The molecule has 1 aromatic rings.